The van der Waals surface area contributed by atoms with Crippen molar-refractivity contribution < 1.29 is 9.53 Å². The van der Waals surface area contributed by atoms with Gasteiger partial charge in [0.15, 0.2) is 0 Å². The minimum Gasteiger partial charge on any atom is -0.444 e. The molecule has 1 fully saturated rings. The Bertz CT molecular complexity index is 236. The number of likely N-dealkylation sites (N-methyl/N-ethyl adjacent to an activating group) is 1. The molecule has 0 aliphatic heterocycles. The van der Waals surface area contributed by atoms with Crippen LogP contribution in [0.5, 0.6) is 0 Å². The van der Waals surface area contributed by atoms with Crippen LogP contribution in [0.1, 0.15) is 46.5 Å². The fourth-order valence-corrected chi connectivity index (χ4v) is 2.11. The molecule has 1 aliphatic carbocycles. The normalized spacial score (nSPS) is 26.2. The van der Waals surface area contributed by atoms with Crippen molar-refractivity contribution in [2.45, 2.75) is 64.1 Å². The smallest absolute Gasteiger partial charge is 0.407 e. The first kappa shape index (κ1) is 13.3. The molecule has 2 atom stereocenters. The molecule has 0 saturated heterocycles. The summed E-state index contributed by atoms with van der Waals surface area (Å²) in [5, 5.41) is 6.20. The van der Waals surface area contributed by atoms with Crippen LogP contribution < -0.4 is 10.6 Å². The predicted octanol–water partition coefficient (Wildman–Crippen LogP) is 2.04. The van der Waals surface area contributed by atoms with Gasteiger partial charge in [-0.2, -0.15) is 0 Å². The topological polar surface area (TPSA) is 50.4 Å². The highest BCUT2D eigenvalue weighted by Crippen LogP contribution is 2.18. The largest absolute Gasteiger partial charge is 0.444 e. The Hall–Kier alpha value is -0.770. The lowest BCUT2D eigenvalue weighted by Gasteiger charge is -2.32. The molecule has 0 unspecified atom stereocenters. The summed E-state index contributed by atoms with van der Waals surface area (Å²) in [6.07, 6.45) is 4.26. The van der Waals surface area contributed by atoms with Gasteiger partial charge in [-0.15, -0.1) is 0 Å². The van der Waals surface area contributed by atoms with E-state index in [4.69, 9.17) is 4.74 Å². The highest BCUT2D eigenvalue weighted by atomic mass is 16.6. The van der Waals surface area contributed by atoms with Gasteiger partial charge >= 0.3 is 6.09 Å². The van der Waals surface area contributed by atoms with Gasteiger partial charge < -0.3 is 15.4 Å². The van der Waals surface area contributed by atoms with Crippen LogP contribution in [-0.4, -0.2) is 30.8 Å². The van der Waals surface area contributed by atoms with E-state index in [0.717, 1.165) is 12.8 Å². The molecule has 2 N–H and O–H groups in total. The Kier molecular flexibility index (Phi) is 4.59. The monoisotopic (exact) mass is 228 g/mol. The van der Waals surface area contributed by atoms with Gasteiger partial charge in [-0.05, 0) is 40.7 Å². The molecule has 1 rings (SSSR count). The molecule has 1 aliphatic rings. The quantitative estimate of drug-likeness (QED) is 0.760. The summed E-state index contributed by atoms with van der Waals surface area (Å²) in [6.45, 7) is 5.63. The second-order valence-corrected chi connectivity index (χ2v) is 5.43. The molecule has 0 spiro atoms. The molecule has 94 valence electrons. The van der Waals surface area contributed by atoms with Gasteiger partial charge in [0, 0.05) is 12.1 Å². The lowest BCUT2D eigenvalue weighted by molar-refractivity contribution is 0.0481. The summed E-state index contributed by atoms with van der Waals surface area (Å²) >= 11 is 0. The molecule has 4 heteroatoms. The first-order chi connectivity index (χ1) is 7.42. The lowest BCUT2D eigenvalue weighted by atomic mass is 9.90. The maximum absolute atomic E-state index is 11.6. The standard InChI is InChI=1S/C12H24N2O2/c1-12(2,3)16-11(15)14-10-8-6-5-7-9(10)13-4/h9-10,13H,5-8H2,1-4H3,(H,14,15)/t9-,10-/m0/s1. The number of carbonyl (C=O) groups excluding carboxylic acids is 1. The Morgan fingerprint density at radius 3 is 2.25 bits per heavy atom. The second kappa shape index (κ2) is 5.53. The van der Waals surface area contributed by atoms with Crippen molar-refractivity contribution in [3.05, 3.63) is 0 Å². The highest BCUT2D eigenvalue weighted by molar-refractivity contribution is 5.68. The zero-order chi connectivity index (χ0) is 12.2. The van der Waals surface area contributed by atoms with E-state index in [0.29, 0.717) is 6.04 Å². The average molecular weight is 228 g/mol. The van der Waals surface area contributed by atoms with Gasteiger partial charge in [-0.25, -0.2) is 4.79 Å². The molecule has 0 aromatic rings. The minimum absolute atomic E-state index is 0.202. The van der Waals surface area contributed by atoms with Gasteiger partial charge in [0.1, 0.15) is 5.60 Å². The SMILES string of the molecule is CN[C@H]1CCCC[C@@H]1NC(=O)OC(C)(C)C. The van der Waals surface area contributed by atoms with Gasteiger partial charge in [-0.1, -0.05) is 12.8 Å². The summed E-state index contributed by atoms with van der Waals surface area (Å²) in [7, 11) is 1.94. The molecule has 0 radical (unpaired) electrons. The van der Waals surface area contributed by atoms with Crippen LogP contribution in [0, 0.1) is 0 Å². The number of alkyl carbamates (subject to hydrolysis) is 1. The number of hydrogen-bond acceptors (Lipinski definition) is 3. The number of ether oxygens (including phenoxy) is 1. The number of nitrogens with one attached hydrogen (secondary N) is 2. The maximum Gasteiger partial charge on any atom is 0.407 e. The zero-order valence-corrected chi connectivity index (χ0v) is 10.8. The number of amides is 1. The fraction of sp³-hybridized carbons (Fsp3) is 0.917. The van der Waals surface area contributed by atoms with Gasteiger partial charge in [0.05, 0.1) is 0 Å². The molecule has 0 aromatic heterocycles. The first-order valence-electron chi connectivity index (χ1n) is 6.09. The van der Waals surface area contributed by atoms with E-state index in [1.165, 1.54) is 12.8 Å². The van der Waals surface area contributed by atoms with Crippen molar-refractivity contribution in [3.63, 3.8) is 0 Å². The first-order valence-corrected chi connectivity index (χ1v) is 6.09. The second-order valence-electron chi connectivity index (χ2n) is 5.43. The summed E-state index contributed by atoms with van der Waals surface area (Å²) < 4.78 is 5.26. The molecule has 0 aromatic carbocycles. The molecule has 0 bridgehead atoms. The van der Waals surface area contributed by atoms with Crippen molar-refractivity contribution in [2.24, 2.45) is 0 Å². The summed E-state index contributed by atoms with van der Waals surface area (Å²) in [4.78, 5) is 11.6. The Labute approximate surface area is 98.1 Å². The van der Waals surface area contributed by atoms with Crippen LogP contribution >= 0.6 is 0 Å². The van der Waals surface area contributed by atoms with Crippen LogP contribution in [0.25, 0.3) is 0 Å². The predicted molar refractivity (Wildman–Crippen MR) is 64.5 cm³/mol. The van der Waals surface area contributed by atoms with Crippen molar-refractivity contribution >= 4 is 6.09 Å². The third kappa shape index (κ3) is 4.39. The van der Waals surface area contributed by atoms with E-state index in [1.807, 2.05) is 27.8 Å². The van der Waals surface area contributed by atoms with E-state index in [9.17, 15) is 4.79 Å². The molecular formula is C12H24N2O2. The molecular weight excluding hydrogens is 204 g/mol. The van der Waals surface area contributed by atoms with E-state index in [1.54, 1.807) is 0 Å². The molecule has 16 heavy (non-hydrogen) atoms. The van der Waals surface area contributed by atoms with Crippen molar-refractivity contribution in [1.82, 2.24) is 10.6 Å². The third-order valence-electron chi connectivity index (χ3n) is 2.84. The van der Waals surface area contributed by atoms with Crippen LogP contribution in [-0.2, 0) is 4.74 Å². The molecule has 4 nitrogen and oxygen atoms in total. The minimum atomic E-state index is -0.423. The number of hydrogen-bond donors (Lipinski definition) is 2. The number of rotatable bonds is 2. The van der Waals surface area contributed by atoms with E-state index >= 15 is 0 Å². The summed E-state index contributed by atoms with van der Waals surface area (Å²) in [5.74, 6) is 0. The van der Waals surface area contributed by atoms with Crippen LogP contribution in [0.15, 0.2) is 0 Å². The van der Waals surface area contributed by atoms with Gasteiger partial charge in [0.25, 0.3) is 0 Å². The molecule has 1 saturated carbocycles. The van der Waals surface area contributed by atoms with Crippen LogP contribution in [0.4, 0.5) is 4.79 Å². The lowest BCUT2D eigenvalue weighted by Crippen LogP contribution is -2.51. The maximum atomic E-state index is 11.6. The fourth-order valence-electron chi connectivity index (χ4n) is 2.11. The van der Waals surface area contributed by atoms with Crippen molar-refractivity contribution in [3.8, 4) is 0 Å². The van der Waals surface area contributed by atoms with E-state index < -0.39 is 5.60 Å². The number of carbonyl (C=O) groups is 1. The summed E-state index contributed by atoms with van der Waals surface area (Å²) in [6, 6.07) is 0.579. The zero-order valence-electron chi connectivity index (χ0n) is 10.8. The Balaban J connectivity index is 2.42. The molecule has 1 amide bonds. The Morgan fingerprint density at radius 1 is 1.19 bits per heavy atom. The average Bonchev–Trinajstić information content (AvgIpc) is 2.15. The third-order valence-corrected chi connectivity index (χ3v) is 2.84. The van der Waals surface area contributed by atoms with Crippen molar-refractivity contribution in [1.29, 1.82) is 0 Å². The highest BCUT2D eigenvalue weighted by Gasteiger charge is 2.26. The molecule has 0 heterocycles. The van der Waals surface area contributed by atoms with Gasteiger partial charge in [-0.3, -0.25) is 0 Å². The summed E-state index contributed by atoms with van der Waals surface area (Å²) in [5.41, 5.74) is -0.423. The van der Waals surface area contributed by atoms with Gasteiger partial charge in [0.2, 0.25) is 0 Å². The van der Waals surface area contributed by atoms with E-state index in [-0.39, 0.29) is 12.1 Å². The van der Waals surface area contributed by atoms with Crippen LogP contribution in [0.3, 0.4) is 0 Å². The van der Waals surface area contributed by atoms with Crippen molar-refractivity contribution in [2.75, 3.05) is 7.05 Å². The van der Waals surface area contributed by atoms with E-state index in [2.05, 4.69) is 10.6 Å². The Morgan fingerprint density at radius 2 is 1.75 bits per heavy atom. The van der Waals surface area contributed by atoms with Crippen LogP contribution in [0.2, 0.25) is 0 Å².